The van der Waals surface area contributed by atoms with Crippen molar-refractivity contribution in [1.29, 1.82) is 0 Å². The number of ketones is 2. The van der Waals surface area contributed by atoms with Crippen molar-refractivity contribution in [2.75, 3.05) is 6.61 Å². The highest BCUT2D eigenvalue weighted by Gasteiger charge is 2.27. The van der Waals surface area contributed by atoms with Gasteiger partial charge >= 0.3 is 5.97 Å². The Balaban J connectivity index is 1.04. The second kappa shape index (κ2) is 16.3. The minimum Gasteiger partial charge on any atom is -0.494 e. The standard InChI is InChI=1S/C37H39NO7S/c39-30(23-29(19-25-7-2-1-3-8-25)37(42)45-33-10-4-5-11-33)9-6-18-44-32-15-12-26(13-16-32)21-31(40)22-27-14-17-34-28(20-27)24-35(46-34)36(41)38-43/h1-3,7-8,12-17,20,24,29,33,43H,4-6,9-11,18-19,21-23H2,(H,38,41)/t29-/m1/s1. The van der Waals surface area contributed by atoms with Gasteiger partial charge in [0.05, 0.1) is 17.4 Å². The van der Waals surface area contributed by atoms with E-state index < -0.39 is 11.8 Å². The molecule has 2 N–H and O–H groups in total. The van der Waals surface area contributed by atoms with Gasteiger partial charge in [0, 0.05) is 30.4 Å². The van der Waals surface area contributed by atoms with E-state index >= 15 is 0 Å². The van der Waals surface area contributed by atoms with Crippen LogP contribution in [0.4, 0.5) is 0 Å². The van der Waals surface area contributed by atoms with Crippen molar-refractivity contribution in [3.8, 4) is 5.75 Å². The van der Waals surface area contributed by atoms with E-state index in [-0.39, 0.29) is 42.9 Å². The van der Waals surface area contributed by atoms with Gasteiger partial charge in [-0.3, -0.25) is 24.4 Å². The minimum absolute atomic E-state index is 0.0241. The fourth-order valence-electron chi connectivity index (χ4n) is 5.83. The van der Waals surface area contributed by atoms with Crippen LogP contribution in [0.15, 0.2) is 78.9 Å². The van der Waals surface area contributed by atoms with Gasteiger partial charge in [0.2, 0.25) is 0 Å². The van der Waals surface area contributed by atoms with E-state index in [1.54, 1.807) is 11.5 Å². The molecule has 1 atom stereocenters. The molecule has 1 aliphatic rings. The number of esters is 1. The molecule has 0 bridgehead atoms. The zero-order chi connectivity index (χ0) is 32.3. The molecule has 0 spiro atoms. The number of thiophene rings is 1. The Morgan fingerprint density at radius 3 is 2.30 bits per heavy atom. The first kappa shape index (κ1) is 33.0. The number of Topliss-reactive ketones (excluding diaryl/α,β-unsaturated/α-hetero) is 2. The van der Waals surface area contributed by atoms with Crippen LogP contribution in [-0.2, 0) is 38.4 Å². The van der Waals surface area contributed by atoms with E-state index in [1.165, 1.54) is 11.3 Å². The smallest absolute Gasteiger partial charge is 0.309 e. The van der Waals surface area contributed by atoms with Crippen molar-refractivity contribution in [1.82, 2.24) is 5.48 Å². The summed E-state index contributed by atoms with van der Waals surface area (Å²) in [5.41, 5.74) is 4.39. The Hall–Kier alpha value is -4.34. The molecule has 8 nitrogen and oxygen atoms in total. The lowest BCUT2D eigenvalue weighted by Crippen LogP contribution is -2.26. The largest absolute Gasteiger partial charge is 0.494 e. The van der Waals surface area contributed by atoms with Gasteiger partial charge in [-0.15, -0.1) is 11.3 Å². The first-order chi connectivity index (χ1) is 22.4. The van der Waals surface area contributed by atoms with Crippen LogP contribution in [-0.4, -0.2) is 41.4 Å². The normalized spacial score (nSPS) is 13.8. The molecule has 1 aliphatic carbocycles. The molecule has 9 heteroatoms. The van der Waals surface area contributed by atoms with Gasteiger partial charge in [0.1, 0.15) is 23.4 Å². The van der Waals surface area contributed by atoms with E-state index in [0.717, 1.165) is 52.5 Å². The summed E-state index contributed by atoms with van der Waals surface area (Å²) in [6.45, 7) is 0.368. The number of amides is 1. The van der Waals surface area contributed by atoms with Gasteiger partial charge in [-0.25, -0.2) is 5.48 Å². The molecule has 0 radical (unpaired) electrons. The molecule has 0 saturated heterocycles. The molecule has 5 rings (SSSR count). The molecule has 0 aliphatic heterocycles. The number of nitrogens with one attached hydrogen (secondary N) is 1. The number of hydrogen-bond donors (Lipinski definition) is 2. The maximum absolute atomic E-state index is 13.0. The molecule has 4 aromatic rings. The summed E-state index contributed by atoms with van der Waals surface area (Å²) in [5, 5.41) is 9.71. The van der Waals surface area contributed by atoms with Crippen LogP contribution < -0.4 is 10.2 Å². The van der Waals surface area contributed by atoms with Crippen LogP contribution in [0.25, 0.3) is 10.1 Å². The summed E-state index contributed by atoms with van der Waals surface area (Å²) < 4.78 is 12.5. The molecule has 1 fully saturated rings. The molecule has 0 unspecified atom stereocenters. The third-order valence-electron chi connectivity index (χ3n) is 8.22. The molecule has 1 aromatic heterocycles. The third-order valence-corrected chi connectivity index (χ3v) is 9.33. The Labute approximate surface area is 272 Å². The fourth-order valence-corrected chi connectivity index (χ4v) is 6.76. The van der Waals surface area contributed by atoms with Gasteiger partial charge in [0.25, 0.3) is 5.91 Å². The molecule has 240 valence electrons. The van der Waals surface area contributed by atoms with Crippen LogP contribution in [0.3, 0.4) is 0 Å². The number of hydroxylamine groups is 1. The predicted molar refractivity (Wildman–Crippen MR) is 176 cm³/mol. The summed E-state index contributed by atoms with van der Waals surface area (Å²) >= 11 is 1.28. The van der Waals surface area contributed by atoms with E-state index in [9.17, 15) is 19.2 Å². The zero-order valence-electron chi connectivity index (χ0n) is 25.7. The minimum atomic E-state index is -0.555. The van der Waals surface area contributed by atoms with Crippen LogP contribution in [0, 0.1) is 5.92 Å². The van der Waals surface area contributed by atoms with Gasteiger partial charge in [-0.05, 0) is 90.9 Å². The lowest BCUT2D eigenvalue weighted by Gasteiger charge is -2.19. The summed E-state index contributed by atoms with van der Waals surface area (Å²) in [5.74, 6) is -0.565. The Morgan fingerprint density at radius 2 is 1.57 bits per heavy atom. The fraction of sp³-hybridized carbons (Fsp3) is 0.351. The van der Waals surface area contributed by atoms with E-state index in [2.05, 4.69) is 0 Å². The van der Waals surface area contributed by atoms with Crippen molar-refractivity contribution in [2.45, 2.75) is 70.3 Å². The number of carbonyl (C=O) groups excluding carboxylic acids is 4. The zero-order valence-corrected chi connectivity index (χ0v) is 26.6. The predicted octanol–water partition coefficient (Wildman–Crippen LogP) is 6.84. The Morgan fingerprint density at radius 1 is 0.848 bits per heavy atom. The first-order valence-electron chi connectivity index (χ1n) is 15.8. The van der Waals surface area contributed by atoms with Gasteiger partial charge in [-0.2, -0.15) is 0 Å². The lowest BCUT2D eigenvalue weighted by molar-refractivity contribution is -0.155. The summed E-state index contributed by atoms with van der Waals surface area (Å²) in [6.07, 6.45) is 5.97. The van der Waals surface area contributed by atoms with E-state index in [1.807, 2.05) is 72.8 Å². The van der Waals surface area contributed by atoms with Crippen LogP contribution in [0.2, 0.25) is 0 Å². The monoisotopic (exact) mass is 641 g/mol. The second-order valence-electron chi connectivity index (χ2n) is 11.9. The van der Waals surface area contributed by atoms with Gasteiger partial charge in [-0.1, -0.05) is 48.5 Å². The molecular weight excluding hydrogens is 602 g/mol. The topological polar surface area (TPSA) is 119 Å². The van der Waals surface area contributed by atoms with Crippen molar-refractivity contribution in [3.63, 3.8) is 0 Å². The number of ether oxygens (including phenoxy) is 2. The number of carbonyl (C=O) groups is 4. The highest BCUT2D eigenvalue weighted by atomic mass is 32.1. The Kier molecular flexibility index (Phi) is 11.7. The number of rotatable bonds is 16. The van der Waals surface area contributed by atoms with Crippen molar-refractivity contribution >= 4 is 44.9 Å². The molecule has 1 heterocycles. The van der Waals surface area contributed by atoms with Gasteiger partial charge in [0.15, 0.2) is 0 Å². The molecule has 46 heavy (non-hydrogen) atoms. The van der Waals surface area contributed by atoms with Crippen LogP contribution >= 0.6 is 11.3 Å². The molecular formula is C37H39NO7S. The van der Waals surface area contributed by atoms with Crippen LogP contribution in [0.5, 0.6) is 5.75 Å². The maximum atomic E-state index is 13.0. The van der Waals surface area contributed by atoms with Crippen LogP contribution in [0.1, 0.15) is 71.3 Å². The van der Waals surface area contributed by atoms with E-state index in [0.29, 0.717) is 36.5 Å². The third kappa shape index (κ3) is 9.58. The highest BCUT2D eigenvalue weighted by molar-refractivity contribution is 7.20. The SMILES string of the molecule is O=C(Cc1ccc(OCCCC(=O)C[C@@H](Cc2ccccc2)C(=O)OC2CCCC2)cc1)Cc1ccc2sc(C(=O)NO)cc2c1. The average Bonchev–Trinajstić information content (AvgIpc) is 3.73. The summed E-state index contributed by atoms with van der Waals surface area (Å²) in [7, 11) is 0. The van der Waals surface area contributed by atoms with Crippen molar-refractivity contribution < 1.29 is 33.9 Å². The average molecular weight is 642 g/mol. The first-order valence-corrected chi connectivity index (χ1v) is 16.6. The summed E-state index contributed by atoms with van der Waals surface area (Å²) in [6, 6.07) is 24.5. The number of benzene rings is 3. The second-order valence-corrected chi connectivity index (χ2v) is 13.0. The number of hydrogen-bond acceptors (Lipinski definition) is 8. The summed E-state index contributed by atoms with van der Waals surface area (Å²) in [4.78, 5) is 50.7. The van der Waals surface area contributed by atoms with E-state index in [4.69, 9.17) is 14.7 Å². The maximum Gasteiger partial charge on any atom is 0.309 e. The molecule has 1 saturated carbocycles. The highest BCUT2D eigenvalue weighted by Crippen LogP contribution is 2.27. The molecule has 3 aromatic carbocycles. The Bertz CT molecular complexity index is 1640. The number of fused-ring (bicyclic) bond motifs is 1. The van der Waals surface area contributed by atoms with Crippen molar-refractivity contribution in [3.05, 3.63) is 100 Å². The molecule has 1 amide bonds. The quantitative estimate of drug-likeness (QED) is 0.0595. The van der Waals surface area contributed by atoms with Gasteiger partial charge < -0.3 is 9.47 Å². The van der Waals surface area contributed by atoms with Crippen molar-refractivity contribution in [2.24, 2.45) is 5.92 Å². The lowest BCUT2D eigenvalue weighted by atomic mass is 9.93.